The Kier molecular flexibility index (Phi) is 6.61. The van der Waals surface area contributed by atoms with Gasteiger partial charge in [0.25, 0.3) is 0 Å². The number of para-hydroxylation sites is 4. The number of nitriles is 2. The molecule has 11 rings (SSSR count). The molecule has 0 unspecified atom stereocenters. The summed E-state index contributed by atoms with van der Waals surface area (Å²) in [4.78, 5) is 0. The fourth-order valence-corrected chi connectivity index (χ4v) is 8.79. The highest BCUT2D eigenvalue weighted by Gasteiger charge is 2.21. The van der Waals surface area contributed by atoms with Gasteiger partial charge in [0.2, 0.25) is 0 Å². The zero-order chi connectivity index (χ0) is 36.6. The van der Waals surface area contributed by atoms with Crippen LogP contribution in [0.1, 0.15) is 11.1 Å². The highest BCUT2D eigenvalue weighted by Crippen LogP contribution is 2.42. The Hall–Kier alpha value is -7.86. The van der Waals surface area contributed by atoms with Crippen molar-refractivity contribution >= 4 is 65.4 Å². The summed E-state index contributed by atoms with van der Waals surface area (Å²) in [5, 5.41) is 26.8. The summed E-state index contributed by atoms with van der Waals surface area (Å²) in [7, 11) is 0. The molecular formula is C50H29N5. The number of hydrogen-bond acceptors (Lipinski definition) is 2. The maximum atomic E-state index is 10.2. The number of nitrogens with zero attached hydrogens (tertiary/aromatic N) is 5. The summed E-state index contributed by atoms with van der Waals surface area (Å²) < 4.78 is 7.02. The molecule has 0 bridgehead atoms. The van der Waals surface area contributed by atoms with Gasteiger partial charge in [-0.25, -0.2) is 0 Å². The van der Waals surface area contributed by atoms with Crippen LogP contribution in [0.3, 0.4) is 0 Å². The minimum Gasteiger partial charge on any atom is -0.309 e. The predicted octanol–water partition coefficient (Wildman–Crippen LogP) is 12.4. The summed E-state index contributed by atoms with van der Waals surface area (Å²) >= 11 is 0. The summed E-state index contributed by atoms with van der Waals surface area (Å²) in [6, 6.07) is 66.0. The van der Waals surface area contributed by atoms with Crippen molar-refractivity contribution < 1.29 is 0 Å². The lowest BCUT2D eigenvalue weighted by Gasteiger charge is -2.16. The molecule has 11 aromatic rings. The highest BCUT2D eigenvalue weighted by molar-refractivity contribution is 6.17. The second-order valence-corrected chi connectivity index (χ2v) is 14.0. The van der Waals surface area contributed by atoms with E-state index in [0.29, 0.717) is 11.1 Å². The minimum absolute atomic E-state index is 0.594. The van der Waals surface area contributed by atoms with Crippen LogP contribution in [0.25, 0.3) is 93.6 Å². The maximum Gasteiger partial charge on any atom is 0.0991 e. The van der Waals surface area contributed by atoms with Gasteiger partial charge in [-0.2, -0.15) is 10.5 Å². The number of rotatable bonds is 4. The molecule has 0 aliphatic carbocycles. The molecule has 254 valence electrons. The van der Waals surface area contributed by atoms with Crippen LogP contribution in [-0.4, -0.2) is 13.7 Å². The molecule has 0 saturated heterocycles. The first-order valence-electron chi connectivity index (χ1n) is 18.3. The molecule has 0 N–H and O–H groups in total. The molecule has 8 aromatic carbocycles. The lowest BCUT2D eigenvalue weighted by Crippen LogP contribution is -2.00. The van der Waals surface area contributed by atoms with Gasteiger partial charge in [-0.1, -0.05) is 91.0 Å². The summed E-state index contributed by atoms with van der Waals surface area (Å²) in [5.41, 5.74) is 12.9. The standard InChI is InChI=1S/C50H29N5/c51-30-32-23-25-46(40(27-32)34-11-9-12-35(29-34)53-42-17-5-3-15-38(42)41-28-33(31-52)24-26-47(41)53)55-45-20-8-4-16-39(45)50-48(21-10-22-49(50)55)54-43-18-6-1-13-36(43)37-14-2-7-19-44(37)54/h1-29H. The number of aromatic nitrogens is 3. The molecule has 0 aliphatic rings. The fourth-order valence-electron chi connectivity index (χ4n) is 8.79. The smallest absolute Gasteiger partial charge is 0.0991 e. The van der Waals surface area contributed by atoms with Gasteiger partial charge in [-0.15, -0.1) is 0 Å². The van der Waals surface area contributed by atoms with Crippen LogP contribution in [0.4, 0.5) is 0 Å². The SMILES string of the molecule is N#Cc1ccc(-n2c3ccccc3c3c(-n4c5ccccc5c5ccccc54)cccc32)c(-c2cccc(-n3c4ccccc4c4cc(C#N)ccc43)c2)c1. The Morgan fingerprint density at radius 1 is 0.345 bits per heavy atom. The van der Waals surface area contributed by atoms with Crippen molar-refractivity contribution in [2.24, 2.45) is 0 Å². The van der Waals surface area contributed by atoms with E-state index in [1.807, 2.05) is 36.4 Å². The summed E-state index contributed by atoms with van der Waals surface area (Å²) in [6.07, 6.45) is 0. The van der Waals surface area contributed by atoms with Crippen molar-refractivity contribution in [1.29, 1.82) is 10.5 Å². The van der Waals surface area contributed by atoms with Crippen LogP contribution in [0.15, 0.2) is 176 Å². The molecule has 0 spiro atoms. The molecule has 3 heterocycles. The average molecular weight is 700 g/mol. The summed E-state index contributed by atoms with van der Waals surface area (Å²) in [5.74, 6) is 0. The van der Waals surface area contributed by atoms with Crippen LogP contribution >= 0.6 is 0 Å². The minimum atomic E-state index is 0.594. The van der Waals surface area contributed by atoms with Gasteiger partial charge in [-0.3, -0.25) is 0 Å². The van der Waals surface area contributed by atoms with Crippen molar-refractivity contribution in [1.82, 2.24) is 13.7 Å². The highest BCUT2D eigenvalue weighted by atomic mass is 15.0. The largest absolute Gasteiger partial charge is 0.309 e. The monoisotopic (exact) mass is 699 g/mol. The molecule has 5 heteroatoms. The maximum absolute atomic E-state index is 10.2. The third kappa shape index (κ3) is 4.45. The quantitative estimate of drug-likeness (QED) is 0.184. The van der Waals surface area contributed by atoms with Crippen molar-refractivity contribution in [3.8, 4) is 40.3 Å². The first-order chi connectivity index (χ1) is 27.2. The van der Waals surface area contributed by atoms with Crippen LogP contribution < -0.4 is 0 Å². The van der Waals surface area contributed by atoms with E-state index in [1.54, 1.807) is 0 Å². The van der Waals surface area contributed by atoms with Crippen LogP contribution in [0, 0.1) is 22.7 Å². The first-order valence-corrected chi connectivity index (χ1v) is 18.3. The van der Waals surface area contributed by atoms with E-state index in [0.717, 1.165) is 82.8 Å². The number of hydrogen-bond donors (Lipinski definition) is 0. The zero-order valence-corrected chi connectivity index (χ0v) is 29.5. The van der Waals surface area contributed by atoms with Gasteiger partial charge >= 0.3 is 0 Å². The molecule has 55 heavy (non-hydrogen) atoms. The molecule has 3 aromatic heterocycles. The van der Waals surface area contributed by atoms with Crippen molar-refractivity contribution in [3.05, 3.63) is 187 Å². The lowest BCUT2D eigenvalue weighted by atomic mass is 10.00. The normalized spacial score (nSPS) is 11.6. The third-order valence-electron chi connectivity index (χ3n) is 11.1. The van der Waals surface area contributed by atoms with Gasteiger partial charge in [-0.05, 0) is 90.5 Å². The van der Waals surface area contributed by atoms with Crippen LogP contribution in [-0.2, 0) is 0 Å². The van der Waals surface area contributed by atoms with Crippen molar-refractivity contribution in [3.63, 3.8) is 0 Å². The van der Waals surface area contributed by atoms with Gasteiger partial charge in [0.15, 0.2) is 0 Å². The third-order valence-corrected chi connectivity index (χ3v) is 11.1. The second-order valence-electron chi connectivity index (χ2n) is 14.0. The van der Waals surface area contributed by atoms with Gasteiger partial charge in [0.05, 0.1) is 67.7 Å². The first kappa shape index (κ1) is 30.7. The zero-order valence-electron chi connectivity index (χ0n) is 29.5. The van der Waals surface area contributed by atoms with E-state index in [-0.39, 0.29) is 0 Å². The van der Waals surface area contributed by atoms with E-state index in [2.05, 4.69) is 165 Å². The molecule has 0 atom stereocenters. The molecule has 0 fully saturated rings. The van der Waals surface area contributed by atoms with E-state index < -0.39 is 0 Å². The number of fused-ring (bicyclic) bond motifs is 9. The van der Waals surface area contributed by atoms with Crippen molar-refractivity contribution in [2.75, 3.05) is 0 Å². The van der Waals surface area contributed by atoms with Gasteiger partial charge < -0.3 is 13.7 Å². The van der Waals surface area contributed by atoms with Gasteiger partial charge in [0.1, 0.15) is 0 Å². The second kappa shape index (κ2) is 11.8. The van der Waals surface area contributed by atoms with E-state index >= 15 is 0 Å². The Morgan fingerprint density at radius 3 is 1.55 bits per heavy atom. The molecule has 5 nitrogen and oxygen atoms in total. The van der Waals surface area contributed by atoms with Gasteiger partial charge in [0, 0.05) is 43.6 Å². The predicted molar refractivity (Wildman–Crippen MR) is 224 cm³/mol. The van der Waals surface area contributed by atoms with E-state index in [1.165, 1.54) is 10.8 Å². The lowest BCUT2D eigenvalue weighted by molar-refractivity contribution is 1.16. The molecule has 0 amide bonds. The number of benzene rings is 8. The van der Waals surface area contributed by atoms with Crippen LogP contribution in [0.5, 0.6) is 0 Å². The van der Waals surface area contributed by atoms with E-state index in [4.69, 9.17) is 0 Å². The summed E-state index contributed by atoms with van der Waals surface area (Å²) in [6.45, 7) is 0. The Balaban J connectivity index is 1.18. The Morgan fingerprint density at radius 2 is 0.855 bits per heavy atom. The van der Waals surface area contributed by atoms with E-state index in [9.17, 15) is 10.5 Å². The van der Waals surface area contributed by atoms with Crippen LogP contribution in [0.2, 0.25) is 0 Å². The molecule has 0 radical (unpaired) electrons. The topological polar surface area (TPSA) is 62.4 Å². The average Bonchev–Trinajstić information content (AvgIpc) is 3.89. The Bertz CT molecular complexity index is 3420. The van der Waals surface area contributed by atoms with Crippen molar-refractivity contribution in [2.45, 2.75) is 0 Å². The fraction of sp³-hybridized carbons (Fsp3) is 0. The molecular weight excluding hydrogens is 671 g/mol. The Labute approximate surface area is 316 Å². The molecule has 0 saturated carbocycles. The molecule has 0 aliphatic heterocycles.